The van der Waals surface area contributed by atoms with E-state index in [0.717, 1.165) is 5.69 Å². The van der Waals surface area contributed by atoms with Crippen LogP contribution in [0.4, 0.5) is 0 Å². The molecular formula is C17H18ClN3O3. The highest BCUT2D eigenvalue weighted by Gasteiger charge is 2.30. The van der Waals surface area contributed by atoms with Gasteiger partial charge in [0.15, 0.2) is 0 Å². The number of carboxylic acid groups (broad SMARTS) is 1. The third-order valence-electron chi connectivity index (χ3n) is 4.35. The van der Waals surface area contributed by atoms with E-state index in [1.54, 1.807) is 21.7 Å². The summed E-state index contributed by atoms with van der Waals surface area (Å²) in [6.45, 7) is 2.64. The number of benzene rings is 1. The first-order chi connectivity index (χ1) is 11.5. The molecule has 1 saturated heterocycles. The summed E-state index contributed by atoms with van der Waals surface area (Å²) in [6, 6.07) is 7.23. The van der Waals surface area contributed by atoms with Crippen LogP contribution in [0, 0.1) is 12.8 Å². The van der Waals surface area contributed by atoms with Crippen molar-refractivity contribution < 1.29 is 14.7 Å². The number of aliphatic carboxylic acids is 1. The maximum atomic E-state index is 12.8. The lowest BCUT2D eigenvalue weighted by atomic mass is 9.98. The van der Waals surface area contributed by atoms with Gasteiger partial charge in [-0.1, -0.05) is 17.7 Å². The van der Waals surface area contributed by atoms with Gasteiger partial charge in [-0.05, 0) is 38.0 Å². The van der Waals surface area contributed by atoms with Crippen molar-refractivity contribution >= 4 is 23.5 Å². The van der Waals surface area contributed by atoms with Crippen LogP contribution in [0.1, 0.15) is 28.9 Å². The quantitative estimate of drug-likeness (QED) is 0.926. The largest absolute Gasteiger partial charge is 0.481 e. The molecule has 0 aliphatic carbocycles. The molecule has 0 radical (unpaired) electrons. The molecule has 3 rings (SSSR count). The average molecular weight is 348 g/mol. The highest BCUT2D eigenvalue weighted by Crippen LogP contribution is 2.22. The second kappa shape index (κ2) is 6.65. The van der Waals surface area contributed by atoms with E-state index in [0.29, 0.717) is 35.7 Å². The van der Waals surface area contributed by atoms with Gasteiger partial charge in [0.1, 0.15) is 0 Å². The monoisotopic (exact) mass is 347 g/mol. The smallest absolute Gasteiger partial charge is 0.308 e. The van der Waals surface area contributed by atoms with E-state index < -0.39 is 11.9 Å². The minimum Gasteiger partial charge on any atom is -0.481 e. The maximum absolute atomic E-state index is 12.8. The van der Waals surface area contributed by atoms with Crippen LogP contribution in [0.5, 0.6) is 0 Å². The van der Waals surface area contributed by atoms with Crippen LogP contribution in [0.25, 0.3) is 5.69 Å². The molecule has 6 nitrogen and oxygen atoms in total. The molecule has 2 heterocycles. The van der Waals surface area contributed by atoms with Crippen LogP contribution in [0.15, 0.2) is 30.5 Å². The first-order valence-corrected chi connectivity index (χ1v) is 8.18. The number of likely N-dealkylation sites (tertiary alicyclic amines) is 1. The lowest BCUT2D eigenvalue weighted by Crippen LogP contribution is -2.42. The number of rotatable bonds is 3. The molecule has 0 bridgehead atoms. The Morgan fingerprint density at radius 1 is 1.38 bits per heavy atom. The average Bonchev–Trinajstić information content (AvgIpc) is 2.96. The van der Waals surface area contributed by atoms with Crippen LogP contribution in [-0.2, 0) is 4.79 Å². The Balaban J connectivity index is 1.85. The van der Waals surface area contributed by atoms with Gasteiger partial charge in [0.05, 0.1) is 29.1 Å². The first kappa shape index (κ1) is 16.5. The lowest BCUT2D eigenvalue weighted by molar-refractivity contribution is -0.143. The summed E-state index contributed by atoms with van der Waals surface area (Å²) in [5.41, 5.74) is 1.97. The van der Waals surface area contributed by atoms with Crippen molar-refractivity contribution in [2.75, 3.05) is 13.1 Å². The number of carbonyl (C=O) groups excluding carboxylic acids is 1. The topological polar surface area (TPSA) is 75.4 Å². The van der Waals surface area contributed by atoms with Crippen LogP contribution in [-0.4, -0.2) is 44.8 Å². The number of carbonyl (C=O) groups is 2. The summed E-state index contributed by atoms with van der Waals surface area (Å²) in [5.74, 6) is -1.52. The van der Waals surface area contributed by atoms with E-state index in [9.17, 15) is 14.7 Å². The Morgan fingerprint density at radius 2 is 2.17 bits per heavy atom. The van der Waals surface area contributed by atoms with E-state index in [1.807, 2.05) is 19.1 Å². The summed E-state index contributed by atoms with van der Waals surface area (Å²) in [4.78, 5) is 25.5. The van der Waals surface area contributed by atoms with Crippen molar-refractivity contribution in [1.29, 1.82) is 0 Å². The number of aromatic nitrogens is 2. The van der Waals surface area contributed by atoms with Gasteiger partial charge in [-0.15, -0.1) is 0 Å². The zero-order chi connectivity index (χ0) is 17.3. The molecule has 1 aromatic carbocycles. The number of piperidine rings is 1. The molecule has 126 valence electrons. The van der Waals surface area contributed by atoms with E-state index in [2.05, 4.69) is 5.10 Å². The van der Waals surface area contributed by atoms with Crippen LogP contribution in [0.2, 0.25) is 5.02 Å². The number of hydrogen-bond donors (Lipinski definition) is 1. The molecule has 0 spiro atoms. The normalized spacial score (nSPS) is 17.8. The molecule has 1 aliphatic heterocycles. The number of hydrogen-bond acceptors (Lipinski definition) is 3. The van der Waals surface area contributed by atoms with Crippen molar-refractivity contribution in [3.63, 3.8) is 0 Å². The second-order valence-electron chi connectivity index (χ2n) is 5.96. The molecule has 1 N–H and O–H groups in total. The van der Waals surface area contributed by atoms with Crippen molar-refractivity contribution in [3.8, 4) is 5.69 Å². The van der Waals surface area contributed by atoms with Gasteiger partial charge in [-0.3, -0.25) is 9.59 Å². The summed E-state index contributed by atoms with van der Waals surface area (Å²) in [7, 11) is 0. The second-order valence-corrected chi connectivity index (χ2v) is 6.40. The van der Waals surface area contributed by atoms with Crippen molar-refractivity contribution in [2.45, 2.75) is 19.8 Å². The molecule has 1 amide bonds. The Labute approximate surface area is 144 Å². The lowest BCUT2D eigenvalue weighted by Gasteiger charge is -2.30. The molecule has 24 heavy (non-hydrogen) atoms. The maximum Gasteiger partial charge on any atom is 0.308 e. The number of halogens is 1. The minimum atomic E-state index is -0.848. The number of nitrogens with zero attached hydrogens (tertiary/aromatic N) is 3. The summed E-state index contributed by atoms with van der Waals surface area (Å²) in [6.07, 6.45) is 2.84. The van der Waals surface area contributed by atoms with Crippen molar-refractivity contribution in [1.82, 2.24) is 14.7 Å². The standard InChI is InChI=1S/C17H18ClN3O3/c1-11-15(9-19-21(11)14-6-2-5-13(18)8-14)16(22)20-7-3-4-12(10-20)17(23)24/h2,5-6,8-9,12H,3-4,7,10H2,1H3,(H,23,24). The Morgan fingerprint density at radius 3 is 2.88 bits per heavy atom. The van der Waals surface area contributed by atoms with Crippen LogP contribution in [0.3, 0.4) is 0 Å². The van der Waals surface area contributed by atoms with Crippen molar-refractivity contribution in [3.05, 3.63) is 46.7 Å². The van der Waals surface area contributed by atoms with Crippen LogP contribution >= 0.6 is 11.6 Å². The van der Waals surface area contributed by atoms with Gasteiger partial charge in [0, 0.05) is 18.1 Å². The van der Waals surface area contributed by atoms with Gasteiger partial charge in [-0.25, -0.2) is 4.68 Å². The Hall–Kier alpha value is -2.34. The third kappa shape index (κ3) is 3.14. The Kier molecular flexibility index (Phi) is 4.57. The third-order valence-corrected chi connectivity index (χ3v) is 4.59. The highest BCUT2D eigenvalue weighted by molar-refractivity contribution is 6.30. The summed E-state index contributed by atoms with van der Waals surface area (Å²) in [5, 5.41) is 14.1. The van der Waals surface area contributed by atoms with Crippen molar-refractivity contribution in [2.24, 2.45) is 5.92 Å². The number of amides is 1. The molecule has 1 aromatic heterocycles. The molecule has 2 aromatic rings. The fourth-order valence-corrected chi connectivity index (χ4v) is 3.21. The predicted molar refractivity (Wildman–Crippen MR) is 89.6 cm³/mol. The Bertz CT molecular complexity index is 787. The summed E-state index contributed by atoms with van der Waals surface area (Å²) >= 11 is 6.01. The fraction of sp³-hybridized carbons (Fsp3) is 0.353. The SMILES string of the molecule is Cc1c(C(=O)N2CCCC(C(=O)O)C2)cnn1-c1cccc(Cl)c1. The van der Waals surface area contributed by atoms with Gasteiger partial charge in [0.2, 0.25) is 0 Å². The molecular weight excluding hydrogens is 330 g/mol. The molecule has 7 heteroatoms. The summed E-state index contributed by atoms with van der Waals surface area (Å²) < 4.78 is 1.66. The van der Waals surface area contributed by atoms with Gasteiger partial charge in [-0.2, -0.15) is 5.10 Å². The van der Waals surface area contributed by atoms with Gasteiger partial charge < -0.3 is 10.0 Å². The predicted octanol–water partition coefficient (Wildman–Crippen LogP) is 2.77. The van der Waals surface area contributed by atoms with E-state index in [4.69, 9.17) is 11.6 Å². The molecule has 1 fully saturated rings. The fourth-order valence-electron chi connectivity index (χ4n) is 3.02. The van der Waals surface area contributed by atoms with Gasteiger partial charge in [0.25, 0.3) is 5.91 Å². The minimum absolute atomic E-state index is 0.174. The zero-order valence-corrected chi connectivity index (χ0v) is 14.0. The molecule has 1 atom stereocenters. The van der Waals surface area contributed by atoms with E-state index in [-0.39, 0.29) is 12.5 Å². The number of carboxylic acids is 1. The van der Waals surface area contributed by atoms with E-state index >= 15 is 0 Å². The molecule has 1 aliphatic rings. The van der Waals surface area contributed by atoms with E-state index in [1.165, 1.54) is 6.20 Å². The van der Waals surface area contributed by atoms with Gasteiger partial charge >= 0.3 is 5.97 Å². The molecule has 1 unspecified atom stereocenters. The van der Waals surface area contributed by atoms with Crippen LogP contribution < -0.4 is 0 Å². The highest BCUT2D eigenvalue weighted by atomic mass is 35.5. The molecule has 0 saturated carbocycles. The first-order valence-electron chi connectivity index (χ1n) is 7.80. The zero-order valence-electron chi connectivity index (χ0n) is 13.3.